The fraction of sp³-hybridized carbons (Fsp3) is 0.667. The summed E-state index contributed by atoms with van der Waals surface area (Å²) in [4.78, 5) is 1.18. The SMILES string of the molecule is COc1ccc(CNCC2(CCO)CCCCC2)cc1SC. The molecule has 1 aliphatic rings. The number of aliphatic hydroxyl groups excluding tert-OH is 1. The van der Waals surface area contributed by atoms with Crippen LogP contribution in [0.1, 0.15) is 44.1 Å². The molecule has 0 aromatic heterocycles. The molecule has 2 rings (SSSR count). The van der Waals surface area contributed by atoms with Gasteiger partial charge in [0.15, 0.2) is 0 Å². The fourth-order valence-electron chi connectivity index (χ4n) is 3.52. The molecule has 3 nitrogen and oxygen atoms in total. The third-order valence-electron chi connectivity index (χ3n) is 4.83. The summed E-state index contributed by atoms with van der Waals surface area (Å²) in [7, 11) is 1.72. The molecule has 0 radical (unpaired) electrons. The minimum absolute atomic E-state index is 0.306. The first-order valence-corrected chi connectivity index (χ1v) is 9.48. The van der Waals surface area contributed by atoms with Gasteiger partial charge in [-0.3, -0.25) is 0 Å². The lowest BCUT2D eigenvalue weighted by Gasteiger charge is -2.37. The molecule has 0 heterocycles. The number of hydrogen-bond acceptors (Lipinski definition) is 4. The van der Waals surface area contributed by atoms with Crippen molar-refractivity contribution in [3.05, 3.63) is 23.8 Å². The molecule has 1 aliphatic carbocycles. The zero-order valence-corrected chi connectivity index (χ0v) is 14.7. The Morgan fingerprint density at radius 2 is 2.05 bits per heavy atom. The standard InChI is InChI=1S/C18H29NO2S/c1-21-16-7-6-15(12-17(16)22-2)13-19-14-18(10-11-20)8-4-3-5-9-18/h6-7,12,19-20H,3-5,8-11,13-14H2,1-2H3. The number of rotatable bonds is 8. The van der Waals surface area contributed by atoms with E-state index in [1.54, 1.807) is 18.9 Å². The van der Waals surface area contributed by atoms with Crippen molar-refractivity contribution in [1.82, 2.24) is 5.32 Å². The molecule has 1 fully saturated rings. The van der Waals surface area contributed by atoms with Crippen LogP contribution in [0.3, 0.4) is 0 Å². The molecule has 0 unspecified atom stereocenters. The van der Waals surface area contributed by atoms with E-state index >= 15 is 0 Å². The Hall–Kier alpha value is -0.710. The number of nitrogens with one attached hydrogen (secondary N) is 1. The van der Waals surface area contributed by atoms with Gasteiger partial charge in [0.2, 0.25) is 0 Å². The van der Waals surface area contributed by atoms with Gasteiger partial charge in [-0.25, -0.2) is 0 Å². The maximum Gasteiger partial charge on any atom is 0.132 e. The largest absolute Gasteiger partial charge is 0.496 e. The van der Waals surface area contributed by atoms with E-state index < -0.39 is 0 Å². The number of methoxy groups -OCH3 is 1. The average molecular weight is 324 g/mol. The molecule has 1 aromatic rings. The molecule has 0 saturated heterocycles. The molecule has 22 heavy (non-hydrogen) atoms. The first-order chi connectivity index (χ1) is 10.7. The van der Waals surface area contributed by atoms with Crippen molar-refractivity contribution >= 4 is 11.8 Å². The van der Waals surface area contributed by atoms with Crippen molar-refractivity contribution in [2.45, 2.75) is 50.0 Å². The predicted octanol–water partition coefficient (Wildman–Crippen LogP) is 3.84. The van der Waals surface area contributed by atoms with Gasteiger partial charge in [0.05, 0.1) is 7.11 Å². The maximum atomic E-state index is 9.38. The Kier molecular flexibility index (Phi) is 7.06. The lowest BCUT2D eigenvalue weighted by molar-refractivity contribution is 0.126. The van der Waals surface area contributed by atoms with Crippen LogP contribution in [0.5, 0.6) is 5.75 Å². The normalized spacial score (nSPS) is 17.4. The smallest absolute Gasteiger partial charge is 0.132 e. The van der Waals surface area contributed by atoms with E-state index in [0.29, 0.717) is 12.0 Å². The Morgan fingerprint density at radius 3 is 2.68 bits per heavy atom. The van der Waals surface area contributed by atoms with Gasteiger partial charge >= 0.3 is 0 Å². The molecular weight excluding hydrogens is 294 g/mol. The van der Waals surface area contributed by atoms with E-state index in [2.05, 4.69) is 23.7 Å². The van der Waals surface area contributed by atoms with Crippen LogP contribution in [-0.2, 0) is 6.54 Å². The van der Waals surface area contributed by atoms with Crippen LogP contribution in [0, 0.1) is 5.41 Å². The first-order valence-electron chi connectivity index (χ1n) is 8.25. The second-order valence-electron chi connectivity index (χ2n) is 6.33. The lowest BCUT2D eigenvalue weighted by atomic mass is 9.72. The van der Waals surface area contributed by atoms with Crippen LogP contribution in [-0.4, -0.2) is 31.6 Å². The first kappa shape index (κ1) is 17.6. The Balaban J connectivity index is 1.91. The van der Waals surface area contributed by atoms with Crippen LogP contribution in [0.2, 0.25) is 0 Å². The van der Waals surface area contributed by atoms with Crippen molar-refractivity contribution in [2.24, 2.45) is 5.41 Å². The van der Waals surface area contributed by atoms with Crippen LogP contribution < -0.4 is 10.1 Å². The van der Waals surface area contributed by atoms with Crippen LogP contribution in [0.4, 0.5) is 0 Å². The highest BCUT2D eigenvalue weighted by molar-refractivity contribution is 7.98. The van der Waals surface area contributed by atoms with Crippen LogP contribution in [0.15, 0.2) is 23.1 Å². The van der Waals surface area contributed by atoms with Gasteiger partial charge < -0.3 is 15.2 Å². The third-order valence-corrected chi connectivity index (χ3v) is 5.59. The van der Waals surface area contributed by atoms with E-state index in [1.807, 2.05) is 6.07 Å². The highest BCUT2D eigenvalue weighted by Crippen LogP contribution is 2.38. The molecule has 0 bridgehead atoms. The van der Waals surface area contributed by atoms with Gasteiger partial charge in [0.1, 0.15) is 5.75 Å². The van der Waals surface area contributed by atoms with Crippen molar-refractivity contribution in [2.75, 3.05) is 26.5 Å². The van der Waals surface area contributed by atoms with E-state index in [-0.39, 0.29) is 0 Å². The molecule has 1 saturated carbocycles. The Labute approximate surface area is 138 Å². The molecule has 4 heteroatoms. The summed E-state index contributed by atoms with van der Waals surface area (Å²) in [6, 6.07) is 6.38. The summed E-state index contributed by atoms with van der Waals surface area (Å²) < 4.78 is 5.37. The second-order valence-corrected chi connectivity index (χ2v) is 7.18. The summed E-state index contributed by atoms with van der Waals surface area (Å²) in [6.07, 6.45) is 9.47. The van der Waals surface area contributed by atoms with Gasteiger partial charge in [-0.05, 0) is 48.6 Å². The van der Waals surface area contributed by atoms with Crippen molar-refractivity contribution in [3.63, 3.8) is 0 Å². The molecule has 1 aromatic carbocycles. The number of aliphatic hydroxyl groups is 1. The van der Waals surface area contributed by atoms with Crippen LogP contribution in [0.25, 0.3) is 0 Å². The summed E-state index contributed by atoms with van der Waals surface area (Å²) in [6.45, 7) is 2.19. The molecule has 124 valence electrons. The highest BCUT2D eigenvalue weighted by atomic mass is 32.2. The minimum Gasteiger partial charge on any atom is -0.496 e. The minimum atomic E-state index is 0.306. The lowest BCUT2D eigenvalue weighted by Crippen LogP contribution is -2.36. The van der Waals surface area contributed by atoms with Crippen LogP contribution >= 0.6 is 11.8 Å². The van der Waals surface area contributed by atoms with E-state index in [1.165, 1.54) is 42.6 Å². The number of ether oxygens (including phenoxy) is 1. The summed E-state index contributed by atoms with van der Waals surface area (Å²) in [5.74, 6) is 0.945. The molecule has 2 N–H and O–H groups in total. The Bertz CT molecular complexity index is 453. The van der Waals surface area contributed by atoms with Gasteiger partial charge in [0.25, 0.3) is 0 Å². The molecule has 0 amide bonds. The van der Waals surface area contributed by atoms with Gasteiger partial charge in [-0.1, -0.05) is 25.3 Å². The zero-order valence-electron chi connectivity index (χ0n) is 13.9. The Morgan fingerprint density at radius 1 is 1.27 bits per heavy atom. The predicted molar refractivity (Wildman–Crippen MR) is 93.7 cm³/mol. The second kappa shape index (κ2) is 8.80. The summed E-state index contributed by atoms with van der Waals surface area (Å²) >= 11 is 1.72. The maximum absolute atomic E-state index is 9.38. The highest BCUT2D eigenvalue weighted by Gasteiger charge is 2.30. The fourth-order valence-corrected chi connectivity index (χ4v) is 4.14. The average Bonchev–Trinajstić information content (AvgIpc) is 2.56. The van der Waals surface area contributed by atoms with Crippen molar-refractivity contribution in [3.8, 4) is 5.75 Å². The van der Waals surface area contributed by atoms with Gasteiger partial charge in [-0.15, -0.1) is 11.8 Å². The molecule has 0 spiro atoms. The van der Waals surface area contributed by atoms with E-state index in [9.17, 15) is 5.11 Å². The van der Waals surface area contributed by atoms with Crippen molar-refractivity contribution < 1.29 is 9.84 Å². The number of thioether (sulfide) groups is 1. The number of hydrogen-bond donors (Lipinski definition) is 2. The van der Waals surface area contributed by atoms with Gasteiger partial charge in [-0.2, -0.15) is 0 Å². The third kappa shape index (κ3) is 4.64. The van der Waals surface area contributed by atoms with Crippen molar-refractivity contribution in [1.29, 1.82) is 0 Å². The van der Waals surface area contributed by atoms with Gasteiger partial charge in [0, 0.05) is 24.6 Å². The summed E-state index contributed by atoms with van der Waals surface area (Å²) in [5, 5.41) is 13.0. The topological polar surface area (TPSA) is 41.5 Å². The quantitative estimate of drug-likeness (QED) is 0.713. The summed E-state index contributed by atoms with van der Waals surface area (Å²) in [5.41, 5.74) is 1.60. The monoisotopic (exact) mass is 323 g/mol. The molecular formula is C18H29NO2S. The zero-order chi connectivity index (χ0) is 15.8. The molecule has 0 aliphatic heterocycles. The van der Waals surface area contributed by atoms with E-state index in [4.69, 9.17) is 4.74 Å². The molecule has 0 atom stereocenters. The number of benzene rings is 1. The van der Waals surface area contributed by atoms with E-state index in [0.717, 1.165) is 25.3 Å².